The van der Waals surface area contributed by atoms with Crippen molar-refractivity contribution in [1.29, 1.82) is 0 Å². The molecular weight excluding hydrogens is 452 g/mol. The van der Waals surface area contributed by atoms with Gasteiger partial charge in [0.25, 0.3) is 15.9 Å². The van der Waals surface area contributed by atoms with Crippen LogP contribution in [0.2, 0.25) is 0 Å². The number of hydrogen-bond donors (Lipinski definition) is 2. The number of rotatable bonds is 7. The van der Waals surface area contributed by atoms with E-state index in [2.05, 4.69) is 30.4 Å². The van der Waals surface area contributed by atoms with Crippen LogP contribution in [0.1, 0.15) is 27.4 Å². The Morgan fingerprint density at radius 3 is 2.50 bits per heavy atom. The minimum Gasteiger partial charge on any atom is -0.338 e. The van der Waals surface area contributed by atoms with Crippen molar-refractivity contribution in [2.45, 2.75) is 24.7 Å². The van der Waals surface area contributed by atoms with Crippen LogP contribution in [0.25, 0.3) is 11.4 Å². The number of benzene rings is 2. The summed E-state index contributed by atoms with van der Waals surface area (Å²) < 4.78 is 32.3. The molecule has 32 heavy (non-hydrogen) atoms. The van der Waals surface area contributed by atoms with Gasteiger partial charge in [0.05, 0.1) is 6.54 Å². The summed E-state index contributed by atoms with van der Waals surface area (Å²) in [6.45, 7) is 3.50. The lowest BCUT2D eigenvalue weighted by Crippen LogP contribution is -2.23. The Bertz CT molecular complexity index is 1380. The molecule has 2 heterocycles. The van der Waals surface area contributed by atoms with E-state index < -0.39 is 15.9 Å². The number of aryl methyl sites for hydroxylation is 2. The number of nitrogens with zero attached hydrogens (tertiary/aromatic N) is 4. The SMILES string of the molecule is Cc1ccccc1C(=O)Nc1nnc(S(=O)(=O)NCc2nc(-c3ccccc3C)no2)s1. The maximum atomic E-state index is 12.6. The summed E-state index contributed by atoms with van der Waals surface area (Å²) in [7, 11) is -3.99. The molecule has 0 spiro atoms. The zero-order valence-electron chi connectivity index (χ0n) is 17.1. The highest BCUT2D eigenvalue weighted by Crippen LogP contribution is 2.22. The number of nitrogens with one attached hydrogen (secondary N) is 2. The number of carbonyl (C=O) groups excluding carboxylic acids is 1. The molecule has 0 fully saturated rings. The first-order valence-electron chi connectivity index (χ1n) is 9.42. The van der Waals surface area contributed by atoms with Crippen LogP contribution in [0.3, 0.4) is 0 Å². The minimum atomic E-state index is -3.99. The highest BCUT2D eigenvalue weighted by atomic mass is 32.2. The first-order valence-corrected chi connectivity index (χ1v) is 11.7. The Labute approximate surface area is 187 Å². The van der Waals surface area contributed by atoms with Gasteiger partial charge < -0.3 is 4.52 Å². The molecule has 0 bridgehead atoms. The van der Waals surface area contributed by atoms with E-state index >= 15 is 0 Å². The molecule has 1 amide bonds. The number of carbonyl (C=O) groups is 1. The fourth-order valence-corrected chi connectivity index (χ4v) is 4.75. The van der Waals surface area contributed by atoms with Crippen LogP contribution in [0.4, 0.5) is 5.13 Å². The third-order valence-electron chi connectivity index (χ3n) is 4.51. The van der Waals surface area contributed by atoms with Crippen LogP contribution in [-0.2, 0) is 16.6 Å². The highest BCUT2D eigenvalue weighted by molar-refractivity contribution is 7.91. The normalized spacial score (nSPS) is 11.4. The first kappa shape index (κ1) is 21.7. The zero-order valence-corrected chi connectivity index (χ0v) is 18.7. The van der Waals surface area contributed by atoms with Crippen molar-refractivity contribution in [3.05, 3.63) is 71.1 Å². The smallest absolute Gasteiger partial charge is 0.270 e. The molecule has 0 aliphatic rings. The fourth-order valence-electron chi connectivity index (χ4n) is 2.84. The van der Waals surface area contributed by atoms with Gasteiger partial charge in [0.15, 0.2) is 0 Å². The molecule has 0 aliphatic carbocycles. The van der Waals surface area contributed by atoms with Gasteiger partial charge in [0.1, 0.15) is 0 Å². The van der Waals surface area contributed by atoms with Crippen molar-refractivity contribution in [1.82, 2.24) is 25.1 Å². The lowest BCUT2D eigenvalue weighted by atomic mass is 10.1. The molecule has 2 aromatic heterocycles. The van der Waals surface area contributed by atoms with Gasteiger partial charge >= 0.3 is 0 Å². The highest BCUT2D eigenvalue weighted by Gasteiger charge is 2.22. The Morgan fingerprint density at radius 2 is 1.75 bits per heavy atom. The van der Waals surface area contributed by atoms with E-state index in [4.69, 9.17) is 4.52 Å². The largest absolute Gasteiger partial charge is 0.338 e. The quantitative estimate of drug-likeness (QED) is 0.393. The van der Waals surface area contributed by atoms with Crippen LogP contribution in [0.5, 0.6) is 0 Å². The summed E-state index contributed by atoms with van der Waals surface area (Å²) in [5, 5.41) is 14.0. The Hall–Kier alpha value is -3.48. The molecule has 164 valence electrons. The van der Waals surface area contributed by atoms with Gasteiger partial charge in [-0.15, -0.1) is 10.2 Å². The molecule has 0 saturated carbocycles. The molecule has 0 aliphatic heterocycles. The van der Waals surface area contributed by atoms with E-state index in [-0.39, 0.29) is 21.9 Å². The summed E-state index contributed by atoms with van der Waals surface area (Å²) in [4.78, 5) is 16.6. The molecule has 0 atom stereocenters. The van der Waals surface area contributed by atoms with E-state index in [0.29, 0.717) is 11.4 Å². The van der Waals surface area contributed by atoms with Gasteiger partial charge in [0.2, 0.25) is 21.2 Å². The van der Waals surface area contributed by atoms with Crippen LogP contribution in [-0.4, -0.2) is 34.7 Å². The molecule has 4 aromatic rings. The van der Waals surface area contributed by atoms with Crippen LogP contribution in [0.15, 0.2) is 57.4 Å². The standard InChI is InChI=1S/C20H18N6O4S2/c1-12-7-3-5-9-14(12)17-22-16(30-26-17)11-21-32(28,29)20-25-24-19(31-20)23-18(27)15-10-6-4-8-13(15)2/h3-10,21H,11H2,1-2H3,(H,23,24,27). The summed E-state index contributed by atoms with van der Waals surface area (Å²) in [6, 6.07) is 14.5. The Morgan fingerprint density at radius 1 is 1.03 bits per heavy atom. The second-order valence-electron chi connectivity index (χ2n) is 6.79. The molecule has 10 nitrogen and oxygen atoms in total. The van der Waals surface area contributed by atoms with Gasteiger partial charge in [-0.3, -0.25) is 10.1 Å². The second kappa shape index (κ2) is 8.94. The van der Waals surface area contributed by atoms with Gasteiger partial charge in [-0.25, -0.2) is 8.42 Å². The van der Waals surface area contributed by atoms with Crippen LogP contribution in [0, 0.1) is 13.8 Å². The Kier molecular flexibility index (Phi) is 6.08. The van der Waals surface area contributed by atoms with E-state index in [0.717, 1.165) is 28.0 Å². The van der Waals surface area contributed by atoms with Crippen molar-refractivity contribution in [3.63, 3.8) is 0 Å². The second-order valence-corrected chi connectivity index (χ2v) is 9.71. The summed E-state index contributed by atoms with van der Waals surface area (Å²) in [6.07, 6.45) is 0. The number of anilines is 1. The van der Waals surface area contributed by atoms with Crippen molar-refractivity contribution < 1.29 is 17.7 Å². The number of aromatic nitrogens is 4. The molecule has 0 radical (unpaired) electrons. The minimum absolute atomic E-state index is 0.0678. The molecule has 2 N–H and O–H groups in total. The number of amides is 1. The predicted octanol–water partition coefficient (Wildman–Crippen LogP) is 2.94. The fraction of sp³-hybridized carbons (Fsp3) is 0.150. The predicted molar refractivity (Wildman–Crippen MR) is 118 cm³/mol. The van der Waals surface area contributed by atoms with E-state index in [1.807, 2.05) is 37.3 Å². The number of sulfonamides is 1. The molecule has 0 unspecified atom stereocenters. The van der Waals surface area contributed by atoms with Gasteiger partial charge in [-0.2, -0.15) is 9.71 Å². The molecular formula is C20H18N6O4S2. The molecule has 4 rings (SSSR count). The third-order valence-corrected chi connectivity index (χ3v) is 7.12. The van der Waals surface area contributed by atoms with E-state index in [9.17, 15) is 13.2 Å². The average Bonchev–Trinajstić information content (AvgIpc) is 3.43. The summed E-state index contributed by atoms with van der Waals surface area (Å²) in [5.41, 5.74) is 3.01. The first-order chi connectivity index (χ1) is 15.3. The lowest BCUT2D eigenvalue weighted by Gasteiger charge is -2.04. The number of hydrogen-bond acceptors (Lipinski definition) is 9. The van der Waals surface area contributed by atoms with Crippen molar-refractivity contribution in [2.75, 3.05) is 5.32 Å². The third kappa shape index (κ3) is 4.72. The van der Waals surface area contributed by atoms with Crippen LogP contribution < -0.4 is 10.0 Å². The average molecular weight is 471 g/mol. The monoisotopic (exact) mass is 470 g/mol. The van der Waals surface area contributed by atoms with Gasteiger partial charge in [0, 0.05) is 11.1 Å². The molecule has 0 saturated heterocycles. The van der Waals surface area contributed by atoms with E-state index in [1.165, 1.54) is 0 Å². The summed E-state index contributed by atoms with van der Waals surface area (Å²) >= 11 is 0.737. The molecule has 12 heteroatoms. The van der Waals surface area contributed by atoms with Crippen LogP contribution >= 0.6 is 11.3 Å². The van der Waals surface area contributed by atoms with Crippen molar-refractivity contribution in [2.24, 2.45) is 0 Å². The lowest BCUT2D eigenvalue weighted by molar-refractivity contribution is 0.102. The topological polar surface area (TPSA) is 140 Å². The van der Waals surface area contributed by atoms with E-state index in [1.54, 1.807) is 25.1 Å². The van der Waals surface area contributed by atoms with Gasteiger partial charge in [-0.1, -0.05) is 59.0 Å². The van der Waals surface area contributed by atoms with Gasteiger partial charge in [-0.05, 0) is 31.0 Å². The zero-order chi connectivity index (χ0) is 22.7. The maximum Gasteiger partial charge on any atom is 0.270 e. The van der Waals surface area contributed by atoms with Crippen molar-refractivity contribution >= 4 is 32.4 Å². The molecule has 2 aromatic carbocycles. The summed E-state index contributed by atoms with van der Waals surface area (Å²) in [5.74, 6) is 0.0737. The maximum absolute atomic E-state index is 12.6. The Balaban J connectivity index is 1.42. The van der Waals surface area contributed by atoms with Crippen molar-refractivity contribution in [3.8, 4) is 11.4 Å².